The van der Waals surface area contributed by atoms with Crippen LogP contribution in [0.15, 0.2) is 53.6 Å². The normalized spacial score (nSPS) is 11.3. The lowest BCUT2D eigenvalue weighted by molar-refractivity contribution is 0.0959. The van der Waals surface area contributed by atoms with Gasteiger partial charge in [-0.2, -0.15) is 5.10 Å². The number of H-pyrrole nitrogens is 1. The Morgan fingerprint density at radius 1 is 1.13 bits per heavy atom. The zero-order chi connectivity index (χ0) is 16.4. The summed E-state index contributed by atoms with van der Waals surface area (Å²) >= 11 is 0. The number of fused-ring (bicyclic) bond motifs is 1. The zero-order valence-electron chi connectivity index (χ0n) is 12.2. The molecule has 2 aromatic carbocycles. The summed E-state index contributed by atoms with van der Waals surface area (Å²) < 4.78 is 27.8. The Balaban J connectivity index is 2.06. The van der Waals surface area contributed by atoms with Crippen molar-refractivity contribution in [1.29, 1.82) is 0 Å². The third-order valence-electron chi connectivity index (χ3n) is 3.37. The first-order chi connectivity index (χ1) is 11.0. The summed E-state index contributed by atoms with van der Waals surface area (Å²) in [6.45, 7) is 0. The van der Waals surface area contributed by atoms with Gasteiger partial charge in [0, 0.05) is 18.6 Å². The smallest absolute Gasteiger partial charge is 0.273 e. The molecule has 0 unspecified atom stereocenters. The van der Waals surface area contributed by atoms with Crippen LogP contribution in [-0.4, -0.2) is 31.6 Å². The third-order valence-corrected chi connectivity index (χ3v) is 4.79. The van der Waals surface area contributed by atoms with E-state index in [9.17, 15) is 13.2 Å². The van der Waals surface area contributed by atoms with Crippen LogP contribution >= 0.6 is 0 Å². The Morgan fingerprint density at radius 2 is 1.87 bits per heavy atom. The van der Waals surface area contributed by atoms with Crippen LogP contribution in [0, 0.1) is 0 Å². The van der Waals surface area contributed by atoms with E-state index >= 15 is 0 Å². The number of aromatic nitrogens is 2. The van der Waals surface area contributed by atoms with E-state index in [1.165, 1.54) is 19.3 Å². The molecular formula is C15H14N4O3S. The van der Waals surface area contributed by atoms with Gasteiger partial charge in [-0.3, -0.25) is 14.6 Å². The zero-order valence-corrected chi connectivity index (χ0v) is 13.0. The molecule has 0 spiro atoms. The molecule has 3 N–H and O–H groups in total. The average Bonchev–Trinajstić information content (AvgIpc) is 3.01. The van der Waals surface area contributed by atoms with Gasteiger partial charge in [-0.1, -0.05) is 36.4 Å². The molecule has 0 atom stereocenters. The van der Waals surface area contributed by atoms with Crippen LogP contribution in [-0.2, 0) is 10.0 Å². The van der Waals surface area contributed by atoms with E-state index < -0.39 is 15.9 Å². The molecular weight excluding hydrogens is 316 g/mol. The molecule has 0 saturated carbocycles. The van der Waals surface area contributed by atoms with Crippen LogP contribution < -0.4 is 10.0 Å². The fourth-order valence-electron chi connectivity index (χ4n) is 2.29. The van der Waals surface area contributed by atoms with Gasteiger partial charge in [0.1, 0.15) is 0 Å². The number of anilines is 1. The van der Waals surface area contributed by atoms with Gasteiger partial charge in [0.05, 0.1) is 10.6 Å². The van der Waals surface area contributed by atoms with E-state index in [-0.39, 0.29) is 16.3 Å². The molecule has 1 heterocycles. The largest absolute Gasteiger partial charge is 0.354 e. The van der Waals surface area contributed by atoms with E-state index in [1.54, 1.807) is 18.2 Å². The van der Waals surface area contributed by atoms with Crippen molar-refractivity contribution < 1.29 is 13.2 Å². The molecule has 0 aliphatic carbocycles. The lowest BCUT2D eigenvalue weighted by atomic mass is 10.1. The van der Waals surface area contributed by atoms with Crippen LogP contribution in [0.1, 0.15) is 10.5 Å². The minimum atomic E-state index is -3.86. The summed E-state index contributed by atoms with van der Waals surface area (Å²) in [5.74, 6) is -0.484. The summed E-state index contributed by atoms with van der Waals surface area (Å²) in [5.41, 5.74) is 0.0774. The van der Waals surface area contributed by atoms with Crippen LogP contribution in [0.25, 0.3) is 10.8 Å². The summed E-state index contributed by atoms with van der Waals surface area (Å²) in [4.78, 5) is 11.8. The van der Waals surface area contributed by atoms with Crippen molar-refractivity contribution >= 4 is 32.4 Å². The van der Waals surface area contributed by atoms with E-state index in [2.05, 4.69) is 20.2 Å². The van der Waals surface area contributed by atoms with Gasteiger partial charge in [-0.05, 0) is 11.5 Å². The van der Waals surface area contributed by atoms with Gasteiger partial charge in [0.2, 0.25) is 0 Å². The van der Waals surface area contributed by atoms with Crippen molar-refractivity contribution in [2.45, 2.75) is 4.90 Å². The molecule has 1 amide bonds. The number of hydrogen-bond donors (Lipinski definition) is 3. The second kappa shape index (κ2) is 5.73. The minimum absolute atomic E-state index is 0.0173. The number of carbonyl (C=O) groups is 1. The first kappa shape index (κ1) is 15.0. The van der Waals surface area contributed by atoms with Gasteiger partial charge < -0.3 is 5.32 Å². The van der Waals surface area contributed by atoms with Gasteiger partial charge in [-0.25, -0.2) is 8.42 Å². The standard InChI is InChI=1S/C15H14N4O3S/c1-16-15(20)14-12(9-17-18-14)19-23(21,22)13-8-4-6-10-5-2-3-7-11(10)13/h2-9,19H,1H3,(H,16,20)(H,17,18). The van der Waals surface area contributed by atoms with E-state index in [1.807, 2.05) is 18.2 Å². The second-order valence-corrected chi connectivity index (χ2v) is 6.46. The number of aromatic amines is 1. The highest BCUT2D eigenvalue weighted by atomic mass is 32.2. The predicted molar refractivity (Wildman–Crippen MR) is 86.7 cm³/mol. The fraction of sp³-hybridized carbons (Fsp3) is 0.0667. The molecule has 0 bridgehead atoms. The number of hydrogen-bond acceptors (Lipinski definition) is 4. The number of rotatable bonds is 4. The number of benzene rings is 2. The maximum Gasteiger partial charge on any atom is 0.273 e. The molecule has 0 aliphatic rings. The molecule has 0 saturated heterocycles. The number of nitrogens with zero attached hydrogens (tertiary/aromatic N) is 1. The highest BCUT2D eigenvalue weighted by Crippen LogP contribution is 2.25. The summed E-state index contributed by atoms with van der Waals surface area (Å²) in [7, 11) is -2.42. The molecule has 8 heteroatoms. The van der Waals surface area contributed by atoms with Gasteiger partial charge in [0.15, 0.2) is 5.69 Å². The highest BCUT2D eigenvalue weighted by Gasteiger charge is 2.21. The number of sulfonamides is 1. The average molecular weight is 330 g/mol. The Labute approximate surface area is 132 Å². The summed E-state index contributed by atoms with van der Waals surface area (Å²) in [6, 6.07) is 12.2. The van der Waals surface area contributed by atoms with Crippen molar-refractivity contribution in [2.75, 3.05) is 11.8 Å². The van der Waals surface area contributed by atoms with Crippen LogP contribution in [0.5, 0.6) is 0 Å². The van der Waals surface area contributed by atoms with E-state index in [0.29, 0.717) is 5.39 Å². The van der Waals surface area contributed by atoms with Crippen molar-refractivity contribution in [3.8, 4) is 0 Å². The number of carbonyl (C=O) groups excluding carboxylic acids is 1. The minimum Gasteiger partial charge on any atom is -0.354 e. The lowest BCUT2D eigenvalue weighted by Crippen LogP contribution is -2.21. The van der Waals surface area contributed by atoms with Crippen molar-refractivity contribution in [2.24, 2.45) is 0 Å². The summed E-state index contributed by atoms with van der Waals surface area (Å²) in [6.07, 6.45) is 1.33. The molecule has 3 rings (SSSR count). The Bertz CT molecular complexity index is 974. The third kappa shape index (κ3) is 2.76. The van der Waals surface area contributed by atoms with Crippen LogP contribution in [0.4, 0.5) is 5.69 Å². The van der Waals surface area contributed by atoms with E-state index in [4.69, 9.17) is 0 Å². The Kier molecular flexibility index (Phi) is 3.75. The quantitative estimate of drug-likeness (QED) is 0.677. The van der Waals surface area contributed by atoms with Crippen LogP contribution in [0.3, 0.4) is 0 Å². The van der Waals surface area contributed by atoms with Gasteiger partial charge in [0.25, 0.3) is 15.9 Å². The molecule has 0 fully saturated rings. The first-order valence-corrected chi connectivity index (χ1v) is 8.27. The van der Waals surface area contributed by atoms with Crippen molar-refractivity contribution in [1.82, 2.24) is 15.5 Å². The molecule has 7 nitrogen and oxygen atoms in total. The fourth-order valence-corrected chi connectivity index (χ4v) is 3.58. The topological polar surface area (TPSA) is 104 Å². The summed E-state index contributed by atoms with van der Waals surface area (Å²) in [5, 5.41) is 10.1. The van der Waals surface area contributed by atoms with Gasteiger partial charge in [-0.15, -0.1) is 0 Å². The maximum atomic E-state index is 12.7. The molecule has 118 valence electrons. The molecule has 0 radical (unpaired) electrons. The lowest BCUT2D eigenvalue weighted by Gasteiger charge is -2.10. The number of nitrogens with one attached hydrogen (secondary N) is 3. The van der Waals surface area contributed by atoms with Gasteiger partial charge >= 0.3 is 0 Å². The SMILES string of the molecule is CNC(=O)c1n[nH]cc1NS(=O)(=O)c1cccc2ccccc12. The number of amides is 1. The van der Waals surface area contributed by atoms with E-state index in [0.717, 1.165) is 5.39 Å². The maximum absolute atomic E-state index is 12.7. The predicted octanol–water partition coefficient (Wildman–Crippen LogP) is 1.72. The highest BCUT2D eigenvalue weighted by molar-refractivity contribution is 7.93. The Morgan fingerprint density at radius 3 is 2.65 bits per heavy atom. The molecule has 23 heavy (non-hydrogen) atoms. The van der Waals surface area contributed by atoms with Crippen molar-refractivity contribution in [3.05, 3.63) is 54.4 Å². The first-order valence-electron chi connectivity index (χ1n) is 6.79. The Hall–Kier alpha value is -2.87. The monoisotopic (exact) mass is 330 g/mol. The second-order valence-electron chi connectivity index (χ2n) is 4.81. The molecule has 0 aliphatic heterocycles. The molecule has 3 aromatic rings. The van der Waals surface area contributed by atoms with Crippen molar-refractivity contribution in [3.63, 3.8) is 0 Å². The van der Waals surface area contributed by atoms with Crippen LogP contribution in [0.2, 0.25) is 0 Å². The molecule has 1 aromatic heterocycles.